The number of nitrogens with two attached hydrogens (primary N) is 1. The van der Waals surface area contributed by atoms with Gasteiger partial charge in [0.05, 0.1) is 25.7 Å². The van der Waals surface area contributed by atoms with Crippen LogP contribution in [-0.4, -0.2) is 18.7 Å². The molecule has 0 saturated carbocycles. The minimum atomic E-state index is 0.169. The Balaban J connectivity index is 2.91. The molecule has 84 valence electrons. The van der Waals surface area contributed by atoms with Crippen molar-refractivity contribution in [3.05, 3.63) is 31.2 Å². The molecule has 16 heavy (non-hydrogen) atoms. The van der Waals surface area contributed by atoms with Gasteiger partial charge in [0.2, 0.25) is 0 Å². The molecule has 0 saturated heterocycles. The molecule has 0 fully saturated rings. The first-order valence-electron chi connectivity index (χ1n) is 4.16. The minimum absolute atomic E-state index is 0.169. The van der Waals surface area contributed by atoms with Crippen molar-refractivity contribution < 1.29 is 0 Å². The van der Waals surface area contributed by atoms with Gasteiger partial charge in [0, 0.05) is 12.6 Å². The molecule has 2 rings (SSSR count). The highest BCUT2D eigenvalue weighted by Crippen LogP contribution is 2.43. The second-order valence-corrected chi connectivity index (χ2v) is 4.56. The fourth-order valence-corrected chi connectivity index (χ4v) is 2.50. The first-order valence-corrected chi connectivity index (χ1v) is 5.67. The number of halogens is 4. The lowest BCUT2D eigenvalue weighted by atomic mass is 10.1. The number of fused-ring (bicyclic) bond motifs is 1. The fourth-order valence-electron chi connectivity index (χ4n) is 1.47. The van der Waals surface area contributed by atoms with Gasteiger partial charge in [0.25, 0.3) is 0 Å². The van der Waals surface area contributed by atoms with E-state index in [1.54, 1.807) is 7.05 Å². The third-order valence-electron chi connectivity index (χ3n) is 2.19. The predicted octanol–water partition coefficient (Wildman–Crippen LogP) is 3.40. The molecule has 0 aliphatic carbocycles. The van der Waals surface area contributed by atoms with Gasteiger partial charge in [-0.2, -0.15) is 0 Å². The first-order chi connectivity index (χ1) is 7.49. The van der Waals surface area contributed by atoms with Crippen LogP contribution in [0.25, 0.3) is 0 Å². The monoisotopic (exact) mass is 295 g/mol. The summed E-state index contributed by atoms with van der Waals surface area (Å²) in [6, 6.07) is 0. The SMILES string of the molecule is CN=C1N=C(N)c2c(Cl)c(Cl)c(Cl)c(Cl)c21. The van der Waals surface area contributed by atoms with Crippen molar-refractivity contribution in [1.29, 1.82) is 0 Å². The lowest BCUT2D eigenvalue weighted by Crippen LogP contribution is -2.11. The normalized spacial score (nSPS) is 16.6. The van der Waals surface area contributed by atoms with Crippen molar-refractivity contribution in [3.63, 3.8) is 0 Å². The Kier molecular flexibility index (Phi) is 3.05. The average Bonchev–Trinajstić information content (AvgIpc) is 2.60. The molecule has 1 aromatic rings. The molecule has 1 aliphatic heterocycles. The Bertz CT molecular complexity index is 548. The zero-order chi connectivity index (χ0) is 12.0. The summed E-state index contributed by atoms with van der Waals surface area (Å²) in [5.41, 5.74) is 6.74. The number of amidine groups is 2. The van der Waals surface area contributed by atoms with Crippen LogP contribution in [-0.2, 0) is 0 Å². The smallest absolute Gasteiger partial charge is 0.159 e. The number of hydrogen-bond acceptors (Lipinski definition) is 2. The van der Waals surface area contributed by atoms with Crippen molar-refractivity contribution in [2.45, 2.75) is 0 Å². The summed E-state index contributed by atoms with van der Waals surface area (Å²) >= 11 is 24.0. The van der Waals surface area contributed by atoms with Crippen molar-refractivity contribution >= 4 is 58.1 Å². The van der Waals surface area contributed by atoms with Crippen molar-refractivity contribution in [2.24, 2.45) is 15.7 Å². The first kappa shape index (κ1) is 12.0. The Morgan fingerprint density at radius 1 is 0.938 bits per heavy atom. The van der Waals surface area contributed by atoms with Gasteiger partial charge in [-0.3, -0.25) is 4.99 Å². The van der Waals surface area contributed by atoms with Crippen LogP contribution in [0.15, 0.2) is 9.98 Å². The summed E-state index contributed by atoms with van der Waals surface area (Å²) in [7, 11) is 1.58. The van der Waals surface area contributed by atoms with Crippen LogP contribution in [0.5, 0.6) is 0 Å². The molecule has 1 aromatic carbocycles. The lowest BCUT2D eigenvalue weighted by Gasteiger charge is -2.09. The Morgan fingerprint density at radius 2 is 1.44 bits per heavy atom. The molecule has 0 aromatic heterocycles. The van der Waals surface area contributed by atoms with E-state index >= 15 is 0 Å². The molecule has 1 heterocycles. The standard InChI is InChI=1S/C9H5Cl4N3/c1-15-9-3-2(8(14)16-9)4(10)6(12)7(13)5(3)11/h1H3,(H2,14,15,16). The molecule has 0 unspecified atom stereocenters. The molecule has 0 atom stereocenters. The van der Waals surface area contributed by atoms with Gasteiger partial charge >= 0.3 is 0 Å². The fraction of sp³-hybridized carbons (Fsp3) is 0.111. The molecule has 1 aliphatic rings. The molecule has 2 N–H and O–H groups in total. The Hall–Kier alpha value is -0.480. The van der Waals surface area contributed by atoms with Gasteiger partial charge in [0.1, 0.15) is 5.84 Å². The van der Waals surface area contributed by atoms with Crippen LogP contribution in [0.2, 0.25) is 20.1 Å². The summed E-state index contributed by atoms with van der Waals surface area (Å²) in [6.07, 6.45) is 0. The van der Waals surface area contributed by atoms with Crippen LogP contribution in [0.1, 0.15) is 11.1 Å². The number of aliphatic imine (C=N–C) groups is 2. The van der Waals surface area contributed by atoms with Gasteiger partial charge in [-0.05, 0) is 0 Å². The summed E-state index contributed by atoms with van der Waals surface area (Å²) in [5, 5.41) is 0.850. The Morgan fingerprint density at radius 3 is 1.94 bits per heavy atom. The van der Waals surface area contributed by atoms with Crippen LogP contribution in [0, 0.1) is 0 Å². The maximum atomic E-state index is 6.07. The van der Waals surface area contributed by atoms with Gasteiger partial charge in [-0.1, -0.05) is 46.4 Å². The van der Waals surface area contributed by atoms with E-state index in [0.29, 0.717) is 17.0 Å². The summed E-state index contributed by atoms with van der Waals surface area (Å²) in [4.78, 5) is 7.99. The van der Waals surface area contributed by atoms with Gasteiger partial charge < -0.3 is 5.73 Å². The van der Waals surface area contributed by atoms with Gasteiger partial charge in [-0.25, -0.2) is 4.99 Å². The Labute approximate surface area is 112 Å². The molecule has 0 amide bonds. The summed E-state index contributed by atoms with van der Waals surface area (Å²) in [6.45, 7) is 0. The number of benzene rings is 1. The molecule has 0 bridgehead atoms. The highest BCUT2D eigenvalue weighted by Gasteiger charge is 2.29. The molecule has 0 radical (unpaired) electrons. The number of rotatable bonds is 0. The number of nitrogens with zero attached hydrogens (tertiary/aromatic N) is 2. The third kappa shape index (κ3) is 1.51. The van der Waals surface area contributed by atoms with E-state index in [-0.39, 0.29) is 25.9 Å². The van der Waals surface area contributed by atoms with E-state index < -0.39 is 0 Å². The van der Waals surface area contributed by atoms with E-state index in [2.05, 4.69) is 9.98 Å². The lowest BCUT2D eigenvalue weighted by molar-refractivity contribution is 1.40. The maximum absolute atomic E-state index is 6.07. The van der Waals surface area contributed by atoms with Crippen LogP contribution < -0.4 is 5.73 Å². The molecule has 7 heteroatoms. The zero-order valence-corrected chi connectivity index (χ0v) is 11.0. The highest BCUT2D eigenvalue weighted by atomic mass is 35.5. The summed E-state index contributed by atoms with van der Waals surface area (Å²) < 4.78 is 0. The zero-order valence-electron chi connectivity index (χ0n) is 7.98. The topological polar surface area (TPSA) is 50.7 Å². The van der Waals surface area contributed by atoms with E-state index in [0.717, 1.165) is 0 Å². The second-order valence-electron chi connectivity index (χ2n) is 3.05. The largest absolute Gasteiger partial charge is 0.383 e. The molecule has 3 nitrogen and oxygen atoms in total. The third-order valence-corrected chi connectivity index (χ3v) is 3.99. The van der Waals surface area contributed by atoms with Crippen molar-refractivity contribution in [2.75, 3.05) is 7.05 Å². The van der Waals surface area contributed by atoms with Crippen LogP contribution in [0.3, 0.4) is 0 Å². The number of hydrogen-bond donors (Lipinski definition) is 1. The van der Waals surface area contributed by atoms with E-state index in [9.17, 15) is 0 Å². The maximum Gasteiger partial charge on any atom is 0.159 e. The van der Waals surface area contributed by atoms with Crippen LogP contribution in [0.4, 0.5) is 0 Å². The van der Waals surface area contributed by atoms with Crippen molar-refractivity contribution in [1.82, 2.24) is 0 Å². The van der Waals surface area contributed by atoms with Gasteiger partial charge in [0.15, 0.2) is 5.84 Å². The van der Waals surface area contributed by atoms with Crippen LogP contribution >= 0.6 is 46.4 Å². The van der Waals surface area contributed by atoms with Crippen molar-refractivity contribution in [3.8, 4) is 0 Å². The summed E-state index contributed by atoms with van der Waals surface area (Å²) in [5.74, 6) is 0.638. The van der Waals surface area contributed by atoms with Gasteiger partial charge in [-0.15, -0.1) is 0 Å². The average molecular weight is 297 g/mol. The van der Waals surface area contributed by atoms with E-state index in [1.165, 1.54) is 0 Å². The molecular weight excluding hydrogens is 292 g/mol. The van der Waals surface area contributed by atoms with E-state index in [4.69, 9.17) is 52.1 Å². The molecule has 0 spiro atoms. The van der Waals surface area contributed by atoms with E-state index in [1.807, 2.05) is 0 Å². The predicted molar refractivity (Wildman–Crippen MR) is 69.7 cm³/mol. The minimum Gasteiger partial charge on any atom is -0.383 e. The quantitative estimate of drug-likeness (QED) is 0.579. The second kappa shape index (κ2) is 4.08. The molecular formula is C9H5Cl4N3. The highest BCUT2D eigenvalue weighted by molar-refractivity contribution is 6.55.